The van der Waals surface area contributed by atoms with Gasteiger partial charge in [-0.25, -0.2) is 9.18 Å². The van der Waals surface area contributed by atoms with Crippen molar-refractivity contribution < 1.29 is 23.6 Å². The summed E-state index contributed by atoms with van der Waals surface area (Å²) in [7, 11) is 0. The summed E-state index contributed by atoms with van der Waals surface area (Å²) in [6.45, 7) is 1.23. The van der Waals surface area contributed by atoms with Crippen LogP contribution in [0.4, 0.5) is 14.9 Å². The second-order valence-corrected chi connectivity index (χ2v) is 3.48. The minimum Gasteiger partial charge on any atom is -0.474 e. The normalized spacial score (nSPS) is 11.5. The predicted molar refractivity (Wildman–Crippen MR) is 60.9 cm³/mol. The van der Waals surface area contributed by atoms with Crippen LogP contribution in [0.15, 0.2) is 18.2 Å². The number of nitro groups is 1. The van der Waals surface area contributed by atoms with Gasteiger partial charge in [0.15, 0.2) is 6.10 Å². The van der Waals surface area contributed by atoms with Gasteiger partial charge in [0.1, 0.15) is 5.82 Å². The first kappa shape index (κ1) is 14.4. The van der Waals surface area contributed by atoms with Crippen LogP contribution in [0.1, 0.15) is 6.92 Å². The van der Waals surface area contributed by atoms with Crippen LogP contribution >= 0.6 is 0 Å². The number of carbonyl (C=O) groups is 2. The molecule has 0 bridgehead atoms. The second kappa shape index (κ2) is 5.76. The Kier molecular flexibility index (Phi) is 4.35. The fourth-order valence-electron chi connectivity index (χ4n) is 1.20. The van der Waals surface area contributed by atoms with Crippen LogP contribution in [0.25, 0.3) is 0 Å². The van der Waals surface area contributed by atoms with Crippen molar-refractivity contribution in [1.82, 2.24) is 5.32 Å². The zero-order valence-electron chi connectivity index (χ0n) is 9.75. The Morgan fingerprint density at radius 3 is 2.68 bits per heavy atom. The molecule has 0 aliphatic heterocycles. The second-order valence-electron chi connectivity index (χ2n) is 3.48. The summed E-state index contributed by atoms with van der Waals surface area (Å²) >= 11 is 0. The van der Waals surface area contributed by atoms with Gasteiger partial charge in [-0.15, -0.1) is 0 Å². The van der Waals surface area contributed by atoms with E-state index in [1.807, 2.05) is 0 Å². The molecule has 0 radical (unpaired) electrons. The fraction of sp³-hybridized carbons (Fsp3) is 0.200. The van der Waals surface area contributed by atoms with E-state index in [4.69, 9.17) is 10.5 Å². The Labute approximate surface area is 106 Å². The first-order valence-electron chi connectivity index (χ1n) is 5.02. The molecule has 0 heterocycles. The summed E-state index contributed by atoms with van der Waals surface area (Å²) in [6.07, 6.45) is -1.26. The lowest BCUT2D eigenvalue weighted by molar-refractivity contribution is -0.386. The molecule has 1 aromatic carbocycles. The third-order valence-corrected chi connectivity index (χ3v) is 2.04. The molecule has 0 saturated carbocycles. The average molecular weight is 271 g/mol. The highest BCUT2D eigenvalue weighted by Gasteiger charge is 2.22. The van der Waals surface area contributed by atoms with Crippen molar-refractivity contribution >= 4 is 17.6 Å². The van der Waals surface area contributed by atoms with Crippen LogP contribution in [-0.2, 0) is 4.79 Å². The Hall–Kier alpha value is -2.71. The molecular weight excluding hydrogens is 261 g/mol. The molecule has 0 aromatic heterocycles. The number of amides is 3. The zero-order chi connectivity index (χ0) is 14.6. The van der Waals surface area contributed by atoms with E-state index < -0.39 is 40.2 Å². The molecule has 1 rings (SSSR count). The average Bonchev–Trinajstić information content (AvgIpc) is 2.27. The van der Waals surface area contributed by atoms with Crippen LogP contribution in [0.3, 0.4) is 0 Å². The third-order valence-electron chi connectivity index (χ3n) is 2.04. The van der Waals surface area contributed by atoms with Crippen molar-refractivity contribution in [3.8, 4) is 5.75 Å². The Morgan fingerprint density at radius 1 is 1.53 bits per heavy atom. The maximum Gasteiger partial charge on any atom is 0.318 e. The van der Waals surface area contributed by atoms with Crippen molar-refractivity contribution in [2.45, 2.75) is 13.0 Å². The number of nitrogens with zero attached hydrogens (tertiary/aromatic N) is 1. The number of ether oxygens (including phenoxy) is 1. The summed E-state index contributed by atoms with van der Waals surface area (Å²) in [6, 6.07) is 1.48. The smallest absolute Gasteiger partial charge is 0.318 e. The van der Waals surface area contributed by atoms with Gasteiger partial charge in [0, 0.05) is 12.1 Å². The highest BCUT2D eigenvalue weighted by molar-refractivity contribution is 5.95. The van der Waals surface area contributed by atoms with Gasteiger partial charge in [0.05, 0.1) is 4.92 Å². The van der Waals surface area contributed by atoms with Crippen LogP contribution in [0.2, 0.25) is 0 Å². The number of rotatable bonds is 4. The topological polar surface area (TPSA) is 125 Å². The van der Waals surface area contributed by atoms with Crippen LogP contribution in [0.5, 0.6) is 5.75 Å². The van der Waals surface area contributed by atoms with Crippen molar-refractivity contribution in [1.29, 1.82) is 0 Å². The van der Waals surface area contributed by atoms with Gasteiger partial charge in [-0.05, 0) is 13.0 Å². The first-order chi connectivity index (χ1) is 8.81. The number of primary amides is 1. The van der Waals surface area contributed by atoms with Crippen molar-refractivity contribution in [2.75, 3.05) is 0 Å². The lowest BCUT2D eigenvalue weighted by atomic mass is 10.3. The van der Waals surface area contributed by atoms with Gasteiger partial charge in [-0.2, -0.15) is 0 Å². The first-order valence-corrected chi connectivity index (χ1v) is 5.02. The maximum absolute atomic E-state index is 13.0. The maximum atomic E-state index is 13.0. The van der Waals surface area contributed by atoms with Gasteiger partial charge >= 0.3 is 11.7 Å². The predicted octanol–water partition coefficient (Wildman–Crippen LogP) is 0.696. The molecule has 102 valence electrons. The minimum atomic E-state index is -1.26. The minimum absolute atomic E-state index is 0.419. The van der Waals surface area contributed by atoms with E-state index >= 15 is 0 Å². The highest BCUT2D eigenvalue weighted by atomic mass is 19.1. The molecule has 0 aliphatic rings. The third kappa shape index (κ3) is 3.91. The number of hydrogen-bond donors (Lipinski definition) is 2. The molecule has 8 nitrogen and oxygen atoms in total. The summed E-state index contributed by atoms with van der Waals surface area (Å²) in [5.74, 6) is -2.08. The molecule has 0 aliphatic carbocycles. The standard InChI is InChI=1S/C10H10FN3O5/c1-5(9(15)13-10(12)16)19-8-4-6(11)2-3-7(8)14(17)18/h2-5H,1H3,(H3,12,13,15,16). The van der Waals surface area contributed by atoms with Gasteiger partial charge in [-0.3, -0.25) is 20.2 Å². The number of carbonyl (C=O) groups excluding carboxylic acids is 2. The summed E-state index contributed by atoms with van der Waals surface area (Å²) in [5, 5.41) is 12.4. The molecule has 1 aromatic rings. The number of halogens is 1. The highest BCUT2D eigenvalue weighted by Crippen LogP contribution is 2.28. The molecule has 0 saturated heterocycles. The number of urea groups is 1. The molecule has 3 N–H and O–H groups in total. The van der Waals surface area contributed by atoms with Crippen molar-refractivity contribution in [3.05, 3.63) is 34.1 Å². The lowest BCUT2D eigenvalue weighted by Gasteiger charge is -2.13. The SMILES string of the molecule is CC(Oc1cc(F)ccc1[N+](=O)[O-])C(=O)NC(N)=O. The van der Waals surface area contributed by atoms with E-state index in [9.17, 15) is 24.1 Å². The van der Waals surface area contributed by atoms with Gasteiger partial charge in [0.2, 0.25) is 5.75 Å². The fourth-order valence-corrected chi connectivity index (χ4v) is 1.20. The van der Waals surface area contributed by atoms with E-state index in [2.05, 4.69) is 0 Å². The Morgan fingerprint density at radius 2 is 2.16 bits per heavy atom. The Bertz CT molecular complexity index is 534. The molecule has 0 spiro atoms. The van der Waals surface area contributed by atoms with Crippen LogP contribution < -0.4 is 15.8 Å². The molecular formula is C10H10FN3O5. The van der Waals surface area contributed by atoms with Gasteiger partial charge < -0.3 is 10.5 Å². The lowest BCUT2D eigenvalue weighted by Crippen LogP contribution is -2.42. The Balaban J connectivity index is 2.92. The van der Waals surface area contributed by atoms with E-state index in [1.54, 1.807) is 5.32 Å². The monoisotopic (exact) mass is 271 g/mol. The summed E-state index contributed by atoms with van der Waals surface area (Å²) in [4.78, 5) is 31.7. The molecule has 19 heavy (non-hydrogen) atoms. The summed E-state index contributed by atoms with van der Waals surface area (Å²) < 4.78 is 17.9. The van der Waals surface area contributed by atoms with E-state index in [0.717, 1.165) is 18.2 Å². The molecule has 1 atom stereocenters. The van der Waals surface area contributed by atoms with Crippen molar-refractivity contribution in [3.63, 3.8) is 0 Å². The van der Waals surface area contributed by atoms with Gasteiger partial charge in [-0.1, -0.05) is 0 Å². The number of imide groups is 1. The largest absolute Gasteiger partial charge is 0.474 e. The van der Waals surface area contributed by atoms with Crippen LogP contribution in [0, 0.1) is 15.9 Å². The number of nitrogens with one attached hydrogen (secondary N) is 1. The summed E-state index contributed by atoms with van der Waals surface area (Å²) in [5.41, 5.74) is 4.23. The number of nitrogens with two attached hydrogens (primary N) is 1. The molecule has 0 fully saturated rings. The van der Waals surface area contributed by atoms with E-state index in [-0.39, 0.29) is 0 Å². The molecule has 9 heteroatoms. The van der Waals surface area contributed by atoms with Crippen LogP contribution in [-0.4, -0.2) is 23.0 Å². The van der Waals surface area contributed by atoms with Gasteiger partial charge in [0.25, 0.3) is 5.91 Å². The van der Waals surface area contributed by atoms with Crippen molar-refractivity contribution in [2.24, 2.45) is 5.73 Å². The van der Waals surface area contributed by atoms with E-state index in [0.29, 0.717) is 0 Å². The molecule has 3 amide bonds. The number of benzene rings is 1. The van der Waals surface area contributed by atoms with E-state index in [1.165, 1.54) is 6.92 Å². The quantitative estimate of drug-likeness (QED) is 0.615. The molecule has 1 unspecified atom stereocenters. The zero-order valence-corrected chi connectivity index (χ0v) is 9.75. The number of hydrogen-bond acceptors (Lipinski definition) is 5. The number of nitro benzene ring substituents is 1.